The Morgan fingerprint density at radius 3 is 2.52 bits per heavy atom. The van der Waals surface area contributed by atoms with Crippen LogP contribution in [0.4, 0.5) is 5.69 Å². The van der Waals surface area contributed by atoms with Crippen molar-refractivity contribution in [2.45, 2.75) is 10.9 Å². The number of para-hydroxylation sites is 2. The second-order valence-electron chi connectivity index (χ2n) is 8.51. The van der Waals surface area contributed by atoms with Gasteiger partial charge in [0.15, 0.2) is 5.16 Å². The van der Waals surface area contributed by atoms with Gasteiger partial charge in [0.25, 0.3) is 5.91 Å². The molecule has 1 amide bonds. The Bertz CT molecular complexity index is 1650. The number of thioether (sulfide) groups is 1. The van der Waals surface area contributed by atoms with E-state index in [1.54, 1.807) is 61.3 Å². The lowest BCUT2D eigenvalue weighted by Gasteiger charge is -2.07. The number of imidazole rings is 1. The van der Waals surface area contributed by atoms with Gasteiger partial charge < -0.3 is 14.5 Å². The summed E-state index contributed by atoms with van der Waals surface area (Å²) in [6, 6.07) is 26.1. The van der Waals surface area contributed by atoms with Crippen molar-refractivity contribution in [3.63, 3.8) is 0 Å². The smallest absolute Gasteiger partial charge is 0.312 e. The van der Waals surface area contributed by atoms with Crippen LogP contribution in [-0.4, -0.2) is 34.1 Å². The van der Waals surface area contributed by atoms with Gasteiger partial charge in [0.2, 0.25) is 5.75 Å². The fourth-order valence-corrected chi connectivity index (χ4v) is 4.59. The molecule has 0 spiro atoms. The molecule has 0 aliphatic heterocycles. The molecule has 0 saturated heterocycles. The normalized spacial score (nSPS) is 11.0. The molecule has 0 fully saturated rings. The van der Waals surface area contributed by atoms with Crippen molar-refractivity contribution in [2.75, 3.05) is 7.11 Å². The Morgan fingerprint density at radius 2 is 1.80 bits per heavy atom. The average molecular weight is 554 g/mol. The minimum Gasteiger partial charge on any atom is -0.497 e. The van der Waals surface area contributed by atoms with E-state index in [1.165, 1.54) is 18.3 Å². The Labute approximate surface area is 233 Å². The fraction of sp³-hybridized carbons (Fsp3) is 0.0690. The van der Waals surface area contributed by atoms with Gasteiger partial charge in [-0.2, -0.15) is 5.10 Å². The number of hydrazone groups is 1. The van der Waals surface area contributed by atoms with Crippen LogP contribution >= 0.6 is 11.8 Å². The molecule has 40 heavy (non-hydrogen) atoms. The first-order valence-electron chi connectivity index (χ1n) is 12.1. The third kappa shape index (κ3) is 6.45. The summed E-state index contributed by atoms with van der Waals surface area (Å²) < 4.78 is 10.8. The number of nitro groups is 1. The number of carbonyl (C=O) groups excluding carboxylic acids is 1. The molecule has 0 aliphatic rings. The number of carbonyl (C=O) groups is 1. The zero-order valence-electron chi connectivity index (χ0n) is 21.2. The minimum atomic E-state index is -0.539. The van der Waals surface area contributed by atoms with Crippen molar-refractivity contribution in [1.29, 1.82) is 0 Å². The largest absolute Gasteiger partial charge is 0.497 e. The number of aromatic amines is 1. The molecule has 0 aliphatic carbocycles. The number of nitrogens with one attached hydrogen (secondary N) is 2. The first kappa shape index (κ1) is 26.4. The van der Waals surface area contributed by atoms with Gasteiger partial charge in [-0.3, -0.25) is 14.9 Å². The van der Waals surface area contributed by atoms with Crippen LogP contribution in [0.2, 0.25) is 0 Å². The lowest BCUT2D eigenvalue weighted by Crippen LogP contribution is -2.17. The summed E-state index contributed by atoms with van der Waals surface area (Å²) in [5.74, 6) is 1.44. The first-order valence-corrected chi connectivity index (χ1v) is 13.1. The van der Waals surface area contributed by atoms with E-state index in [1.807, 2.05) is 36.4 Å². The van der Waals surface area contributed by atoms with E-state index in [-0.39, 0.29) is 11.4 Å². The molecule has 5 rings (SSSR count). The average Bonchev–Trinajstić information content (AvgIpc) is 3.40. The Balaban J connectivity index is 1.17. The number of ether oxygens (including phenoxy) is 2. The van der Waals surface area contributed by atoms with E-state index in [2.05, 4.69) is 20.5 Å². The summed E-state index contributed by atoms with van der Waals surface area (Å²) in [6.07, 6.45) is 1.33. The van der Waals surface area contributed by atoms with Crippen molar-refractivity contribution >= 4 is 40.6 Å². The molecule has 1 heterocycles. The zero-order chi connectivity index (χ0) is 27.9. The molecule has 11 heteroatoms. The van der Waals surface area contributed by atoms with E-state index in [0.29, 0.717) is 28.4 Å². The van der Waals surface area contributed by atoms with Gasteiger partial charge in [-0.15, -0.1) is 0 Å². The van der Waals surface area contributed by atoms with E-state index in [4.69, 9.17) is 9.47 Å². The predicted octanol–water partition coefficient (Wildman–Crippen LogP) is 6.33. The first-order chi connectivity index (χ1) is 19.5. The molecular weight excluding hydrogens is 530 g/mol. The molecule has 0 atom stereocenters. The zero-order valence-corrected chi connectivity index (χ0v) is 22.1. The van der Waals surface area contributed by atoms with Crippen LogP contribution < -0.4 is 14.9 Å². The van der Waals surface area contributed by atoms with Gasteiger partial charge in [-0.05, 0) is 66.2 Å². The maximum Gasteiger partial charge on any atom is 0.312 e. The number of hydrogen-bond donors (Lipinski definition) is 2. The Kier molecular flexibility index (Phi) is 8.02. The van der Waals surface area contributed by atoms with Crippen LogP contribution in [0.25, 0.3) is 11.0 Å². The van der Waals surface area contributed by atoms with Crippen molar-refractivity contribution in [3.8, 4) is 17.2 Å². The lowest BCUT2D eigenvalue weighted by molar-refractivity contribution is -0.385. The number of nitro benzene ring substituents is 1. The van der Waals surface area contributed by atoms with Crippen LogP contribution in [0, 0.1) is 10.1 Å². The summed E-state index contributed by atoms with van der Waals surface area (Å²) in [5, 5.41) is 16.4. The van der Waals surface area contributed by atoms with Crippen molar-refractivity contribution < 1.29 is 19.2 Å². The van der Waals surface area contributed by atoms with Crippen LogP contribution in [0.1, 0.15) is 21.5 Å². The molecule has 0 saturated carbocycles. The summed E-state index contributed by atoms with van der Waals surface area (Å²) in [6.45, 7) is 0. The Hall–Kier alpha value is -5.16. The molecular formula is C29H23N5O5S. The topological polar surface area (TPSA) is 132 Å². The molecule has 5 aromatic rings. The van der Waals surface area contributed by atoms with E-state index < -0.39 is 10.8 Å². The fourth-order valence-electron chi connectivity index (χ4n) is 3.75. The molecule has 0 bridgehead atoms. The highest BCUT2D eigenvalue weighted by Gasteiger charge is 2.17. The minimum absolute atomic E-state index is 0.0786. The van der Waals surface area contributed by atoms with E-state index in [0.717, 1.165) is 21.8 Å². The highest BCUT2D eigenvalue weighted by atomic mass is 32.2. The van der Waals surface area contributed by atoms with Gasteiger partial charge >= 0.3 is 5.69 Å². The van der Waals surface area contributed by atoms with Crippen molar-refractivity contribution in [2.24, 2.45) is 5.10 Å². The van der Waals surface area contributed by atoms with Crippen molar-refractivity contribution in [3.05, 3.63) is 118 Å². The number of hydrogen-bond acceptors (Lipinski definition) is 8. The van der Waals surface area contributed by atoms with E-state index in [9.17, 15) is 14.9 Å². The molecule has 0 unspecified atom stereocenters. The van der Waals surface area contributed by atoms with Crippen LogP contribution in [0.5, 0.6) is 17.2 Å². The summed E-state index contributed by atoms with van der Waals surface area (Å²) >= 11 is 1.58. The number of nitrogens with zero attached hydrogens (tertiary/aromatic N) is 3. The van der Waals surface area contributed by atoms with Gasteiger partial charge in [0.05, 0.1) is 29.3 Å². The summed E-state index contributed by atoms with van der Waals surface area (Å²) in [5.41, 5.74) is 6.02. The number of benzene rings is 4. The van der Waals surface area contributed by atoms with Gasteiger partial charge in [-0.1, -0.05) is 36.0 Å². The molecule has 4 aromatic carbocycles. The predicted molar refractivity (Wildman–Crippen MR) is 153 cm³/mol. The van der Waals surface area contributed by atoms with Gasteiger partial charge in [0, 0.05) is 22.9 Å². The monoisotopic (exact) mass is 553 g/mol. The van der Waals surface area contributed by atoms with Crippen molar-refractivity contribution in [1.82, 2.24) is 15.4 Å². The molecule has 10 nitrogen and oxygen atoms in total. The maximum atomic E-state index is 12.5. The summed E-state index contributed by atoms with van der Waals surface area (Å²) in [7, 11) is 1.55. The molecule has 200 valence electrons. The number of fused-ring (bicyclic) bond motifs is 1. The van der Waals surface area contributed by atoms with Gasteiger partial charge in [-0.25, -0.2) is 10.4 Å². The highest BCUT2D eigenvalue weighted by Crippen LogP contribution is 2.32. The Morgan fingerprint density at radius 1 is 1.05 bits per heavy atom. The third-order valence-corrected chi connectivity index (χ3v) is 6.75. The van der Waals surface area contributed by atoms with Crippen LogP contribution in [0.3, 0.4) is 0 Å². The standard InChI is InChI=1S/C29H23N5O5S/c1-38-22-11-13-23(14-12-22)39-27-15-8-20(16-26(27)34(36)37)17-30-33-28(35)21-9-6-19(7-10-21)18-40-29-31-24-4-2-3-5-25(24)32-29/h2-17H,18H2,1H3,(H,31,32)(H,33,35)/b30-17+. The third-order valence-electron chi connectivity index (χ3n) is 5.81. The maximum absolute atomic E-state index is 12.5. The van der Waals surface area contributed by atoms with E-state index >= 15 is 0 Å². The number of H-pyrrole nitrogens is 1. The van der Waals surface area contributed by atoms with Crippen LogP contribution in [-0.2, 0) is 5.75 Å². The van der Waals surface area contributed by atoms with Crippen LogP contribution in [0.15, 0.2) is 101 Å². The molecule has 1 aromatic heterocycles. The molecule has 2 N–H and O–H groups in total. The number of methoxy groups -OCH3 is 1. The SMILES string of the molecule is COc1ccc(Oc2ccc(/C=N/NC(=O)c3ccc(CSc4nc5ccccc5[nH]4)cc3)cc2[N+](=O)[O-])cc1. The number of aromatic nitrogens is 2. The quantitative estimate of drug-likeness (QED) is 0.0894. The molecule has 0 radical (unpaired) electrons. The highest BCUT2D eigenvalue weighted by molar-refractivity contribution is 7.98. The number of amides is 1. The second-order valence-corrected chi connectivity index (χ2v) is 9.47. The number of rotatable bonds is 10. The lowest BCUT2D eigenvalue weighted by atomic mass is 10.1. The second kappa shape index (κ2) is 12.1. The van der Waals surface area contributed by atoms with Gasteiger partial charge in [0.1, 0.15) is 11.5 Å². The summed E-state index contributed by atoms with van der Waals surface area (Å²) in [4.78, 5) is 31.4.